The van der Waals surface area contributed by atoms with Gasteiger partial charge in [0.25, 0.3) is 5.91 Å². The Bertz CT molecular complexity index is 436. The molecule has 1 aromatic heterocycles. The first kappa shape index (κ1) is 12.0. The quantitative estimate of drug-likeness (QED) is 0.875. The number of ether oxygens (including phenoxy) is 1. The SMILES string of the molecule is CC(C)c1cnc(C(=O)NC2COC2)cc1F.[HH]. The van der Waals surface area contributed by atoms with Crippen molar-refractivity contribution in [3.8, 4) is 0 Å². The van der Waals surface area contributed by atoms with E-state index in [-0.39, 0.29) is 30.8 Å². The third kappa shape index (κ3) is 2.61. The van der Waals surface area contributed by atoms with Crippen molar-refractivity contribution >= 4 is 5.91 Å². The summed E-state index contributed by atoms with van der Waals surface area (Å²) in [6.07, 6.45) is 1.42. The molecule has 5 heteroatoms. The van der Waals surface area contributed by atoms with Crippen LogP contribution < -0.4 is 5.32 Å². The molecular weight excluding hydrogens is 223 g/mol. The Hall–Kier alpha value is -1.49. The Morgan fingerprint density at radius 2 is 2.35 bits per heavy atom. The summed E-state index contributed by atoms with van der Waals surface area (Å²) in [6, 6.07) is 1.21. The highest BCUT2D eigenvalue weighted by atomic mass is 19.1. The zero-order chi connectivity index (χ0) is 12.4. The molecule has 0 aliphatic carbocycles. The van der Waals surface area contributed by atoms with Gasteiger partial charge >= 0.3 is 0 Å². The maximum absolute atomic E-state index is 13.6. The Morgan fingerprint density at radius 1 is 1.65 bits per heavy atom. The third-order valence-corrected chi connectivity index (χ3v) is 2.71. The van der Waals surface area contributed by atoms with Crippen LogP contribution in [0.25, 0.3) is 0 Å². The largest absolute Gasteiger partial charge is 0.377 e. The van der Waals surface area contributed by atoms with Crippen molar-refractivity contribution < 1.29 is 15.3 Å². The van der Waals surface area contributed by atoms with Gasteiger partial charge in [-0.3, -0.25) is 9.78 Å². The number of hydrogen-bond donors (Lipinski definition) is 1. The van der Waals surface area contributed by atoms with Gasteiger partial charge < -0.3 is 10.1 Å². The lowest BCUT2D eigenvalue weighted by molar-refractivity contribution is -0.00355. The van der Waals surface area contributed by atoms with Crippen LogP contribution in [-0.2, 0) is 4.74 Å². The molecule has 2 heterocycles. The highest BCUT2D eigenvalue weighted by molar-refractivity contribution is 5.92. The van der Waals surface area contributed by atoms with E-state index in [1.165, 1.54) is 12.3 Å². The fourth-order valence-electron chi connectivity index (χ4n) is 1.57. The number of halogens is 1. The molecule has 1 fully saturated rings. The monoisotopic (exact) mass is 240 g/mol. The van der Waals surface area contributed by atoms with Crippen LogP contribution in [0.5, 0.6) is 0 Å². The molecule has 1 aliphatic heterocycles. The summed E-state index contributed by atoms with van der Waals surface area (Å²) >= 11 is 0. The maximum Gasteiger partial charge on any atom is 0.270 e. The summed E-state index contributed by atoms with van der Waals surface area (Å²) in [7, 11) is 0. The minimum atomic E-state index is -0.384. The Kier molecular flexibility index (Phi) is 3.38. The second-order valence-corrected chi connectivity index (χ2v) is 4.45. The van der Waals surface area contributed by atoms with Gasteiger partial charge in [-0.1, -0.05) is 13.8 Å². The summed E-state index contributed by atoms with van der Waals surface area (Å²) in [5, 5.41) is 2.72. The number of carbonyl (C=O) groups is 1. The summed E-state index contributed by atoms with van der Waals surface area (Å²) < 4.78 is 18.6. The van der Waals surface area contributed by atoms with Crippen molar-refractivity contribution in [3.63, 3.8) is 0 Å². The van der Waals surface area contributed by atoms with E-state index in [0.717, 1.165) is 0 Å². The molecule has 1 amide bonds. The number of amides is 1. The van der Waals surface area contributed by atoms with Crippen LogP contribution in [0.3, 0.4) is 0 Å². The lowest BCUT2D eigenvalue weighted by atomic mass is 10.0. The molecule has 1 aliphatic rings. The second kappa shape index (κ2) is 4.79. The highest BCUT2D eigenvalue weighted by Gasteiger charge is 2.22. The molecule has 0 saturated carbocycles. The van der Waals surface area contributed by atoms with Gasteiger partial charge in [0.1, 0.15) is 11.5 Å². The Balaban J connectivity index is 0.00000162. The van der Waals surface area contributed by atoms with Crippen molar-refractivity contribution in [2.75, 3.05) is 13.2 Å². The number of aromatic nitrogens is 1. The molecule has 0 atom stereocenters. The van der Waals surface area contributed by atoms with Crippen LogP contribution in [0.4, 0.5) is 4.39 Å². The Labute approximate surface area is 101 Å². The molecule has 1 saturated heterocycles. The van der Waals surface area contributed by atoms with Crippen molar-refractivity contribution in [1.29, 1.82) is 0 Å². The summed E-state index contributed by atoms with van der Waals surface area (Å²) in [5.74, 6) is -0.683. The highest BCUT2D eigenvalue weighted by Crippen LogP contribution is 2.17. The first-order valence-corrected chi connectivity index (χ1v) is 5.62. The molecule has 2 rings (SSSR count). The van der Waals surface area contributed by atoms with E-state index < -0.39 is 0 Å². The van der Waals surface area contributed by atoms with Gasteiger partial charge in [-0.15, -0.1) is 0 Å². The molecule has 4 nitrogen and oxygen atoms in total. The molecule has 0 radical (unpaired) electrons. The van der Waals surface area contributed by atoms with Gasteiger partial charge in [-0.2, -0.15) is 0 Å². The zero-order valence-corrected chi connectivity index (χ0v) is 9.87. The average molecular weight is 240 g/mol. The van der Waals surface area contributed by atoms with Crippen molar-refractivity contribution in [3.05, 3.63) is 29.3 Å². The molecular formula is C12H17FN2O2. The molecule has 0 bridgehead atoms. The summed E-state index contributed by atoms with van der Waals surface area (Å²) in [4.78, 5) is 15.7. The van der Waals surface area contributed by atoms with E-state index in [2.05, 4.69) is 10.3 Å². The number of nitrogens with zero attached hydrogens (tertiary/aromatic N) is 1. The van der Waals surface area contributed by atoms with Crippen molar-refractivity contribution in [2.24, 2.45) is 0 Å². The second-order valence-electron chi connectivity index (χ2n) is 4.45. The molecule has 94 valence electrons. The number of hydrogen-bond acceptors (Lipinski definition) is 3. The van der Waals surface area contributed by atoms with Crippen LogP contribution in [0.15, 0.2) is 12.3 Å². The molecule has 0 aromatic carbocycles. The lowest BCUT2D eigenvalue weighted by Crippen LogP contribution is -2.48. The molecule has 0 spiro atoms. The number of nitrogens with one attached hydrogen (secondary N) is 1. The van der Waals surface area contributed by atoms with Gasteiger partial charge in [0.15, 0.2) is 0 Å². The van der Waals surface area contributed by atoms with Gasteiger partial charge in [-0.05, 0) is 5.92 Å². The summed E-state index contributed by atoms with van der Waals surface area (Å²) in [5.41, 5.74) is 0.632. The topological polar surface area (TPSA) is 51.2 Å². The van der Waals surface area contributed by atoms with E-state index >= 15 is 0 Å². The fraction of sp³-hybridized carbons (Fsp3) is 0.500. The van der Waals surface area contributed by atoms with Crippen LogP contribution >= 0.6 is 0 Å². The predicted molar refractivity (Wildman–Crippen MR) is 62.5 cm³/mol. The number of carbonyl (C=O) groups excluding carboxylic acids is 1. The van der Waals surface area contributed by atoms with Crippen LogP contribution in [0, 0.1) is 5.82 Å². The summed E-state index contributed by atoms with van der Waals surface area (Å²) in [6.45, 7) is 4.79. The first-order chi connectivity index (χ1) is 8.08. The van der Waals surface area contributed by atoms with Gasteiger partial charge in [0.2, 0.25) is 0 Å². The smallest absolute Gasteiger partial charge is 0.270 e. The molecule has 1 N–H and O–H groups in total. The van der Waals surface area contributed by atoms with Crippen molar-refractivity contribution in [1.82, 2.24) is 10.3 Å². The normalized spacial score (nSPS) is 15.8. The van der Waals surface area contributed by atoms with Crippen LogP contribution in [-0.4, -0.2) is 30.1 Å². The van der Waals surface area contributed by atoms with Crippen LogP contribution in [0.1, 0.15) is 37.2 Å². The Morgan fingerprint density at radius 3 is 2.82 bits per heavy atom. The fourth-order valence-corrected chi connectivity index (χ4v) is 1.57. The average Bonchev–Trinajstić information content (AvgIpc) is 2.22. The molecule has 17 heavy (non-hydrogen) atoms. The first-order valence-electron chi connectivity index (χ1n) is 5.62. The lowest BCUT2D eigenvalue weighted by Gasteiger charge is -2.26. The van der Waals surface area contributed by atoms with E-state index in [4.69, 9.17) is 4.74 Å². The third-order valence-electron chi connectivity index (χ3n) is 2.71. The van der Waals surface area contributed by atoms with E-state index in [1.807, 2.05) is 13.8 Å². The number of pyridine rings is 1. The minimum absolute atomic E-state index is 0. The molecule has 1 aromatic rings. The molecule has 0 unspecified atom stereocenters. The zero-order valence-electron chi connectivity index (χ0n) is 9.87. The van der Waals surface area contributed by atoms with E-state index in [0.29, 0.717) is 18.8 Å². The standard InChI is InChI=1S/C12H15FN2O2.H2/c1-7(2)9-4-14-11(3-10(9)13)12(16)15-8-5-17-6-8;/h3-4,7-8H,5-6H2,1-2H3,(H,15,16);1H. The van der Waals surface area contributed by atoms with Crippen molar-refractivity contribution in [2.45, 2.75) is 25.8 Å². The minimum Gasteiger partial charge on any atom is -0.377 e. The van der Waals surface area contributed by atoms with Gasteiger partial charge in [-0.25, -0.2) is 4.39 Å². The predicted octanol–water partition coefficient (Wildman–Crippen LogP) is 1.72. The van der Waals surface area contributed by atoms with E-state index in [1.54, 1.807) is 0 Å². The van der Waals surface area contributed by atoms with Gasteiger partial charge in [0, 0.05) is 19.3 Å². The number of rotatable bonds is 3. The van der Waals surface area contributed by atoms with Crippen LogP contribution in [0.2, 0.25) is 0 Å². The maximum atomic E-state index is 13.6. The van der Waals surface area contributed by atoms with E-state index in [9.17, 15) is 9.18 Å². The van der Waals surface area contributed by atoms with Gasteiger partial charge in [0.05, 0.1) is 19.3 Å².